The van der Waals surface area contributed by atoms with Crippen molar-refractivity contribution < 1.29 is 0 Å². The predicted molar refractivity (Wildman–Crippen MR) is 139 cm³/mol. The fourth-order valence-corrected chi connectivity index (χ4v) is 3.85. The standard InChI is InChI=1S/C26H35N5S/c1-4-5-7-22-8-12-24(13-9-22)28-26(32)31(18-6-17-30-19-16-27-21-30)20-23-10-14-25(15-11-23)29(2)3/h8-16,19,21H,4-7,17-18,20H2,1-3H3,(H,28,32). The number of unbranched alkanes of at least 4 members (excludes halogenated alkanes) is 1. The monoisotopic (exact) mass is 449 g/mol. The van der Waals surface area contributed by atoms with Gasteiger partial charge in [0.05, 0.1) is 6.33 Å². The normalized spacial score (nSPS) is 10.7. The number of aryl methyl sites for hydroxylation is 2. The third-order valence-electron chi connectivity index (χ3n) is 5.54. The zero-order chi connectivity index (χ0) is 22.8. The average Bonchev–Trinajstić information content (AvgIpc) is 3.32. The first kappa shape index (κ1) is 23.8. The van der Waals surface area contributed by atoms with Crippen molar-refractivity contribution in [3.05, 3.63) is 78.4 Å². The van der Waals surface area contributed by atoms with E-state index in [0.717, 1.165) is 43.3 Å². The second-order valence-electron chi connectivity index (χ2n) is 8.37. The first-order chi connectivity index (χ1) is 15.5. The molecule has 3 rings (SSSR count). The topological polar surface area (TPSA) is 36.3 Å². The van der Waals surface area contributed by atoms with Crippen LogP contribution in [0.25, 0.3) is 0 Å². The molecule has 6 heteroatoms. The molecule has 2 aromatic carbocycles. The number of benzene rings is 2. The highest BCUT2D eigenvalue weighted by molar-refractivity contribution is 7.80. The quantitative estimate of drug-likeness (QED) is 0.387. The molecule has 0 bridgehead atoms. The summed E-state index contributed by atoms with van der Waals surface area (Å²) in [5.74, 6) is 0. The van der Waals surface area contributed by atoms with E-state index in [4.69, 9.17) is 12.2 Å². The van der Waals surface area contributed by atoms with Crippen LogP contribution < -0.4 is 10.2 Å². The molecule has 32 heavy (non-hydrogen) atoms. The number of thiocarbonyl (C=S) groups is 1. The zero-order valence-corrected chi connectivity index (χ0v) is 20.3. The number of nitrogens with one attached hydrogen (secondary N) is 1. The minimum absolute atomic E-state index is 0.758. The van der Waals surface area contributed by atoms with Crippen molar-refractivity contribution in [2.24, 2.45) is 0 Å². The van der Waals surface area contributed by atoms with Gasteiger partial charge in [0.2, 0.25) is 0 Å². The van der Waals surface area contributed by atoms with Gasteiger partial charge in [-0.15, -0.1) is 0 Å². The Labute approximate surface area is 198 Å². The third kappa shape index (κ3) is 7.38. The summed E-state index contributed by atoms with van der Waals surface area (Å²) in [4.78, 5) is 8.50. The van der Waals surface area contributed by atoms with Gasteiger partial charge in [-0.05, 0) is 66.9 Å². The molecule has 0 aliphatic heterocycles. The van der Waals surface area contributed by atoms with Gasteiger partial charge in [0, 0.05) is 57.5 Å². The maximum absolute atomic E-state index is 5.83. The summed E-state index contributed by atoms with van der Waals surface area (Å²) in [6, 6.07) is 17.3. The Kier molecular flexibility index (Phi) is 9.11. The van der Waals surface area contributed by atoms with Crippen LogP contribution in [0.5, 0.6) is 0 Å². The fraction of sp³-hybridized carbons (Fsp3) is 0.385. The molecular weight excluding hydrogens is 414 g/mol. The summed E-state index contributed by atoms with van der Waals surface area (Å²) in [5, 5.41) is 4.21. The van der Waals surface area contributed by atoms with Crippen LogP contribution in [0, 0.1) is 0 Å². The van der Waals surface area contributed by atoms with E-state index in [1.165, 1.54) is 29.7 Å². The van der Waals surface area contributed by atoms with Crippen LogP contribution in [-0.4, -0.2) is 40.2 Å². The van der Waals surface area contributed by atoms with Crippen molar-refractivity contribution in [3.63, 3.8) is 0 Å². The average molecular weight is 450 g/mol. The van der Waals surface area contributed by atoms with Gasteiger partial charge in [-0.2, -0.15) is 0 Å². The lowest BCUT2D eigenvalue weighted by Crippen LogP contribution is -2.35. The summed E-state index contributed by atoms with van der Waals surface area (Å²) in [6.45, 7) is 4.79. The van der Waals surface area contributed by atoms with Crippen molar-refractivity contribution in [3.8, 4) is 0 Å². The highest BCUT2D eigenvalue weighted by Crippen LogP contribution is 2.16. The molecule has 3 aromatic rings. The fourth-order valence-electron chi connectivity index (χ4n) is 3.57. The summed E-state index contributed by atoms with van der Waals surface area (Å²) < 4.78 is 2.11. The lowest BCUT2D eigenvalue weighted by Gasteiger charge is -2.26. The molecule has 0 aliphatic rings. The first-order valence-corrected chi connectivity index (χ1v) is 11.8. The largest absolute Gasteiger partial charge is 0.378 e. The van der Waals surface area contributed by atoms with Crippen molar-refractivity contribution in [1.82, 2.24) is 14.5 Å². The van der Waals surface area contributed by atoms with Crippen molar-refractivity contribution in [2.75, 3.05) is 30.9 Å². The summed E-state index contributed by atoms with van der Waals surface area (Å²) >= 11 is 5.83. The zero-order valence-electron chi connectivity index (χ0n) is 19.5. The predicted octanol–water partition coefficient (Wildman–Crippen LogP) is 5.58. The molecule has 1 N–H and O–H groups in total. The van der Waals surface area contributed by atoms with E-state index in [1.54, 1.807) is 0 Å². The molecule has 0 amide bonds. The van der Waals surface area contributed by atoms with Crippen LogP contribution in [0.4, 0.5) is 11.4 Å². The summed E-state index contributed by atoms with van der Waals surface area (Å²) in [6.07, 6.45) is 10.2. The van der Waals surface area contributed by atoms with Crippen LogP contribution in [0.1, 0.15) is 37.3 Å². The molecular formula is C26H35N5S. The number of aromatic nitrogens is 2. The molecule has 0 unspecified atom stereocenters. The lowest BCUT2D eigenvalue weighted by atomic mass is 10.1. The Morgan fingerprint density at radius 3 is 2.34 bits per heavy atom. The summed E-state index contributed by atoms with van der Waals surface area (Å²) in [7, 11) is 4.12. The maximum atomic E-state index is 5.83. The van der Waals surface area contributed by atoms with Crippen LogP contribution >= 0.6 is 12.2 Å². The van der Waals surface area contributed by atoms with Gasteiger partial charge < -0.3 is 19.7 Å². The Bertz CT molecular complexity index is 933. The first-order valence-electron chi connectivity index (χ1n) is 11.4. The van der Waals surface area contributed by atoms with Crippen molar-refractivity contribution in [2.45, 2.75) is 45.7 Å². The van der Waals surface area contributed by atoms with Gasteiger partial charge >= 0.3 is 0 Å². The Morgan fingerprint density at radius 2 is 1.72 bits per heavy atom. The second kappa shape index (κ2) is 12.2. The molecule has 5 nitrogen and oxygen atoms in total. The molecule has 1 aromatic heterocycles. The molecule has 0 fully saturated rings. The Balaban J connectivity index is 1.64. The van der Waals surface area contributed by atoms with E-state index in [1.807, 2.05) is 18.7 Å². The van der Waals surface area contributed by atoms with E-state index >= 15 is 0 Å². The number of imidazole rings is 1. The van der Waals surface area contributed by atoms with Crippen LogP contribution in [0.2, 0.25) is 0 Å². The molecule has 0 atom stereocenters. The van der Waals surface area contributed by atoms with Gasteiger partial charge in [-0.3, -0.25) is 0 Å². The van der Waals surface area contributed by atoms with Crippen LogP contribution in [0.3, 0.4) is 0 Å². The van der Waals surface area contributed by atoms with Crippen LogP contribution in [0.15, 0.2) is 67.3 Å². The van der Waals surface area contributed by atoms with Gasteiger partial charge in [0.1, 0.15) is 0 Å². The molecule has 0 saturated carbocycles. The molecule has 0 saturated heterocycles. The minimum atomic E-state index is 0.758. The van der Waals surface area contributed by atoms with E-state index < -0.39 is 0 Å². The van der Waals surface area contributed by atoms with Crippen molar-refractivity contribution >= 4 is 28.7 Å². The van der Waals surface area contributed by atoms with Crippen molar-refractivity contribution in [1.29, 1.82) is 0 Å². The Hall–Kier alpha value is -2.86. The van der Waals surface area contributed by atoms with Gasteiger partial charge in [-0.1, -0.05) is 37.6 Å². The number of hydrogen-bond donors (Lipinski definition) is 1. The summed E-state index contributed by atoms with van der Waals surface area (Å²) in [5.41, 5.74) is 4.86. The van der Waals surface area contributed by atoms with E-state index in [9.17, 15) is 0 Å². The molecule has 0 spiro atoms. The number of hydrogen-bond acceptors (Lipinski definition) is 3. The number of nitrogens with zero attached hydrogens (tertiary/aromatic N) is 4. The third-order valence-corrected chi connectivity index (χ3v) is 5.90. The molecule has 170 valence electrons. The van der Waals surface area contributed by atoms with Gasteiger partial charge in [-0.25, -0.2) is 4.98 Å². The number of rotatable bonds is 11. The van der Waals surface area contributed by atoms with Gasteiger partial charge in [0.25, 0.3) is 0 Å². The molecule has 0 aliphatic carbocycles. The maximum Gasteiger partial charge on any atom is 0.173 e. The second-order valence-corrected chi connectivity index (χ2v) is 8.75. The van der Waals surface area contributed by atoms with E-state index in [0.29, 0.717) is 0 Å². The SMILES string of the molecule is CCCCc1ccc(NC(=S)N(CCCn2ccnc2)Cc2ccc(N(C)C)cc2)cc1. The Morgan fingerprint density at radius 1 is 1.00 bits per heavy atom. The smallest absolute Gasteiger partial charge is 0.173 e. The van der Waals surface area contributed by atoms with Crippen LogP contribution in [-0.2, 0) is 19.5 Å². The van der Waals surface area contributed by atoms with E-state index in [-0.39, 0.29) is 0 Å². The highest BCUT2D eigenvalue weighted by Gasteiger charge is 2.11. The molecule has 1 heterocycles. The lowest BCUT2D eigenvalue weighted by molar-refractivity contribution is 0.396. The number of anilines is 2. The minimum Gasteiger partial charge on any atom is -0.378 e. The van der Waals surface area contributed by atoms with E-state index in [2.05, 4.69) is 94.2 Å². The highest BCUT2D eigenvalue weighted by atomic mass is 32.1. The van der Waals surface area contributed by atoms with Gasteiger partial charge in [0.15, 0.2) is 5.11 Å². The molecule has 0 radical (unpaired) electrons.